The van der Waals surface area contributed by atoms with Crippen molar-refractivity contribution in [2.45, 2.75) is 30.2 Å². The standard InChI is InChI=1S/C10H14ClN3O2S/c1-7-5-13-10(14-9(7)11)17(15,16)8-3-2-4-12-6-8/h5,8,12H,2-4,6H2,1H3/t8-/m0/s1. The van der Waals surface area contributed by atoms with Gasteiger partial charge in [0, 0.05) is 18.3 Å². The van der Waals surface area contributed by atoms with Crippen LogP contribution in [0, 0.1) is 6.92 Å². The summed E-state index contributed by atoms with van der Waals surface area (Å²) in [6.07, 6.45) is 2.94. The second-order valence-electron chi connectivity index (χ2n) is 4.14. The number of hydrogen-bond acceptors (Lipinski definition) is 5. The molecular formula is C10H14ClN3O2S. The number of nitrogens with one attached hydrogen (secondary N) is 1. The van der Waals surface area contributed by atoms with Gasteiger partial charge in [0.2, 0.25) is 15.0 Å². The largest absolute Gasteiger partial charge is 0.315 e. The van der Waals surface area contributed by atoms with Crippen LogP contribution < -0.4 is 5.32 Å². The Balaban J connectivity index is 2.33. The summed E-state index contributed by atoms with van der Waals surface area (Å²) in [5.41, 5.74) is 0.674. The van der Waals surface area contributed by atoms with Gasteiger partial charge in [0.25, 0.3) is 0 Å². The highest BCUT2D eigenvalue weighted by Gasteiger charge is 2.31. The van der Waals surface area contributed by atoms with E-state index in [1.54, 1.807) is 6.92 Å². The van der Waals surface area contributed by atoms with Crippen molar-refractivity contribution in [3.63, 3.8) is 0 Å². The van der Waals surface area contributed by atoms with Gasteiger partial charge in [0.05, 0.1) is 5.25 Å². The van der Waals surface area contributed by atoms with Gasteiger partial charge in [-0.1, -0.05) is 11.6 Å². The van der Waals surface area contributed by atoms with Crippen molar-refractivity contribution in [2.75, 3.05) is 13.1 Å². The lowest BCUT2D eigenvalue weighted by atomic mass is 10.2. The summed E-state index contributed by atoms with van der Waals surface area (Å²) in [5, 5.41) is 2.65. The first kappa shape index (κ1) is 12.7. The van der Waals surface area contributed by atoms with Crippen LogP contribution in [0.15, 0.2) is 11.4 Å². The quantitative estimate of drug-likeness (QED) is 0.643. The van der Waals surface area contributed by atoms with Crippen LogP contribution in [0.2, 0.25) is 5.15 Å². The van der Waals surface area contributed by atoms with Gasteiger partial charge in [-0.05, 0) is 26.3 Å². The molecule has 17 heavy (non-hydrogen) atoms. The SMILES string of the molecule is Cc1cnc(S(=O)(=O)[C@H]2CCCNC2)nc1Cl. The van der Waals surface area contributed by atoms with Crippen LogP contribution in [-0.2, 0) is 9.84 Å². The Kier molecular flexibility index (Phi) is 3.65. The fraction of sp³-hybridized carbons (Fsp3) is 0.600. The van der Waals surface area contributed by atoms with Crippen LogP contribution >= 0.6 is 11.6 Å². The number of hydrogen-bond donors (Lipinski definition) is 1. The zero-order chi connectivity index (χ0) is 12.5. The molecule has 0 radical (unpaired) electrons. The van der Waals surface area contributed by atoms with Crippen molar-refractivity contribution in [3.05, 3.63) is 16.9 Å². The molecule has 0 saturated carbocycles. The molecule has 0 aliphatic carbocycles. The maximum atomic E-state index is 12.2. The van der Waals surface area contributed by atoms with Gasteiger partial charge in [0.15, 0.2) is 0 Å². The Bertz CT molecular complexity index is 512. The van der Waals surface area contributed by atoms with Crippen LogP contribution in [0.4, 0.5) is 0 Å². The minimum Gasteiger partial charge on any atom is -0.315 e. The van der Waals surface area contributed by atoms with Gasteiger partial charge in [0.1, 0.15) is 5.15 Å². The number of aromatic nitrogens is 2. The van der Waals surface area contributed by atoms with Crippen molar-refractivity contribution >= 4 is 21.4 Å². The van der Waals surface area contributed by atoms with Crippen molar-refractivity contribution < 1.29 is 8.42 Å². The van der Waals surface area contributed by atoms with Gasteiger partial charge < -0.3 is 5.32 Å². The molecule has 1 atom stereocenters. The first-order valence-electron chi connectivity index (χ1n) is 5.45. The first-order chi connectivity index (χ1) is 8.01. The predicted octanol–water partition coefficient (Wildman–Crippen LogP) is 0.964. The Morgan fingerprint density at radius 1 is 1.53 bits per heavy atom. The van der Waals surface area contributed by atoms with Crippen molar-refractivity contribution in [1.82, 2.24) is 15.3 Å². The van der Waals surface area contributed by atoms with Crippen molar-refractivity contribution in [1.29, 1.82) is 0 Å². The van der Waals surface area contributed by atoms with Crippen LogP contribution in [-0.4, -0.2) is 36.7 Å². The zero-order valence-electron chi connectivity index (χ0n) is 9.48. The van der Waals surface area contributed by atoms with Crippen LogP contribution in [0.1, 0.15) is 18.4 Å². The van der Waals surface area contributed by atoms with E-state index < -0.39 is 15.1 Å². The van der Waals surface area contributed by atoms with E-state index in [0.717, 1.165) is 13.0 Å². The monoisotopic (exact) mass is 275 g/mol. The molecule has 0 spiro atoms. The summed E-state index contributed by atoms with van der Waals surface area (Å²) >= 11 is 5.83. The van der Waals surface area contributed by atoms with E-state index >= 15 is 0 Å². The predicted molar refractivity (Wildman–Crippen MR) is 64.9 cm³/mol. The number of rotatable bonds is 2. The van der Waals surface area contributed by atoms with Gasteiger partial charge in [-0.15, -0.1) is 0 Å². The maximum Gasteiger partial charge on any atom is 0.248 e. The van der Waals surface area contributed by atoms with E-state index in [1.807, 2.05) is 0 Å². The van der Waals surface area contributed by atoms with Gasteiger partial charge in [-0.2, -0.15) is 0 Å². The van der Waals surface area contributed by atoms with Crippen LogP contribution in [0.3, 0.4) is 0 Å². The zero-order valence-corrected chi connectivity index (χ0v) is 11.1. The molecule has 2 heterocycles. The molecule has 1 saturated heterocycles. The molecule has 0 amide bonds. The van der Waals surface area contributed by atoms with E-state index in [1.165, 1.54) is 6.20 Å². The van der Waals surface area contributed by atoms with E-state index in [4.69, 9.17) is 11.6 Å². The second-order valence-corrected chi connectivity index (χ2v) is 6.62. The number of aryl methyl sites for hydroxylation is 1. The van der Waals surface area contributed by atoms with Crippen molar-refractivity contribution in [3.8, 4) is 0 Å². The highest BCUT2D eigenvalue weighted by molar-refractivity contribution is 7.91. The van der Waals surface area contributed by atoms with Gasteiger partial charge in [-0.25, -0.2) is 18.4 Å². The molecular weight excluding hydrogens is 262 g/mol. The maximum absolute atomic E-state index is 12.2. The Hall–Kier alpha value is -0.720. The average molecular weight is 276 g/mol. The molecule has 1 aromatic heterocycles. The number of nitrogens with zero attached hydrogens (tertiary/aromatic N) is 2. The average Bonchev–Trinajstić information content (AvgIpc) is 2.33. The fourth-order valence-corrected chi connectivity index (χ4v) is 3.49. The third kappa shape index (κ3) is 2.59. The molecule has 1 aliphatic rings. The van der Waals surface area contributed by atoms with E-state index in [0.29, 0.717) is 18.5 Å². The summed E-state index contributed by atoms with van der Waals surface area (Å²) in [6.45, 7) is 3.06. The van der Waals surface area contributed by atoms with Crippen LogP contribution in [0.25, 0.3) is 0 Å². The molecule has 5 nitrogen and oxygen atoms in total. The first-order valence-corrected chi connectivity index (χ1v) is 7.38. The topological polar surface area (TPSA) is 72.0 Å². The lowest BCUT2D eigenvalue weighted by molar-refractivity contribution is 0.493. The summed E-state index contributed by atoms with van der Waals surface area (Å²) in [6, 6.07) is 0. The molecule has 1 fully saturated rings. The number of sulfone groups is 1. The Morgan fingerprint density at radius 2 is 2.29 bits per heavy atom. The molecule has 0 aromatic carbocycles. The smallest absolute Gasteiger partial charge is 0.248 e. The Labute approximate surface area is 106 Å². The molecule has 0 unspecified atom stereocenters. The number of halogens is 1. The summed E-state index contributed by atoms with van der Waals surface area (Å²) in [4.78, 5) is 7.73. The molecule has 94 valence electrons. The summed E-state index contributed by atoms with van der Waals surface area (Å²) < 4.78 is 24.5. The summed E-state index contributed by atoms with van der Waals surface area (Å²) in [5.74, 6) is 0. The van der Waals surface area contributed by atoms with Gasteiger partial charge in [-0.3, -0.25) is 0 Å². The van der Waals surface area contributed by atoms with E-state index in [-0.39, 0.29) is 10.3 Å². The van der Waals surface area contributed by atoms with Crippen LogP contribution in [0.5, 0.6) is 0 Å². The molecule has 1 aromatic rings. The summed E-state index contributed by atoms with van der Waals surface area (Å²) in [7, 11) is -3.47. The molecule has 0 bridgehead atoms. The van der Waals surface area contributed by atoms with Crippen molar-refractivity contribution in [2.24, 2.45) is 0 Å². The molecule has 7 heteroatoms. The highest BCUT2D eigenvalue weighted by atomic mass is 35.5. The van der Waals surface area contributed by atoms with Gasteiger partial charge >= 0.3 is 0 Å². The van der Waals surface area contributed by atoms with E-state index in [9.17, 15) is 8.42 Å². The fourth-order valence-electron chi connectivity index (χ4n) is 1.78. The molecule has 1 aliphatic heterocycles. The third-order valence-electron chi connectivity index (χ3n) is 2.83. The molecule has 2 rings (SSSR count). The minimum atomic E-state index is -3.47. The number of piperidine rings is 1. The normalized spacial score (nSPS) is 21.4. The molecule has 1 N–H and O–H groups in total. The third-order valence-corrected chi connectivity index (χ3v) is 5.20. The lowest BCUT2D eigenvalue weighted by Crippen LogP contribution is -2.39. The minimum absolute atomic E-state index is 0.165. The Morgan fingerprint density at radius 3 is 2.88 bits per heavy atom. The highest BCUT2D eigenvalue weighted by Crippen LogP contribution is 2.20. The van der Waals surface area contributed by atoms with E-state index in [2.05, 4.69) is 15.3 Å². The lowest BCUT2D eigenvalue weighted by Gasteiger charge is -2.21. The second kappa shape index (κ2) is 4.88.